The van der Waals surface area contributed by atoms with Crippen LogP contribution in [0.3, 0.4) is 0 Å². The lowest BCUT2D eigenvalue weighted by Crippen LogP contribution is -2.47. The van der Waals surface area contributed by atoms with Crippen molar-refractivity contribution in [2.24, 2.45) is 0 Å². The molecule has 0 aromatic rings. The minimum Gasteiger partial charge on any atom is -0.456 e. The standard InChI is InChI=1S/C70H135N2O7P/c1-7-10-13-16-19-22-25-28-30-32-34-36-38-40-42-44-47-50-53-56-59-62-69(73)71-67(66-78-80(75,76)77-65-64-72(4,5)6)68(61-58-55-52-49-46-27-24-21-18-15-12-9-3)79-70(74)63-60-57-54-51-48-45-43-41-39-37-35-33-31-29-26-23-20-17-14-11-8-2/h28-31,58,61,67-68H,7-27,32-57,59-60,62-66H2,1-6H3,(H-,71,73,75,76)/p+1/b30-28+,31-29+,61-58+. The number of likely N-dealkylation sites (N-methyl/N-ethyl adjacent to an activating group) is 1. The second-order valence-electron chi connectivity index (χ2n) is 25.0. The van der Waals surface area contributed by atoms with Crippen molar-refractivity contribution in [2.45, 2.75) is 360 Å². The van der Waals surface area contributed by atoms with Crippen molar-refractivity contribution in [3.8, 4) is 0 Å². The molecule has 2 N–H and O–H groups in total. The van der Waals surface area contributed by atoms with Gasteiger partial charge in [0.05, 0.1) is 33.8 Å². The Hall–Kier alpha value is -1.77. The fourth-order valence-electron chi connectivity index (χ4n) is 10.4. The summed E-state index contributed by atoms with van der Waals surface area (Å²) in [5.41, 5.74) is 0. The van der Waals surface area contributed by atoms with E-state index in [1.165, 1.54) is 257 Å². The minimum atomic E-state index is -4.45. The van der Waals surface area contributed by atoms with Crippen LogP contribution in [0.5, 0.6) is 0 Å². The van der Waals surface area contributed by atoms with Crippen LogP contribution in [0.2, 0.25) is 0 Å². The van der Waals surface area contributed by atoms with Crippen LogP contribution in [0.1, 0.15) is 348 Å². The summed E-state index contributed by atoms with van der Waals surface area (Å²) in [6.45, 7) is 7.06. The lowest BCUT2D eigenvalue weighted by Gasteiger charge is -2.27. The van der Waals surface area contributed by atoms with Crippen LogP contribution in [-0.4, -0.2) is 74.3 Å². The second kappa shape index (κ2) is 60.4. The molecule has 472 valence electrons. The molecule has 0 spiro atoms. The third kappa shape index (κ3) is 60.8. The largest absolute Gasteiger partial charge is 0.472 e. The van der Waals surface area contributed by atoms with Gasteiger partial charge in [-0.05, 0) is 83.1 Å². The molecule has 10 heteroatoms. The first-order valence-electron chi connectivity index (χ1n) is 34.8. The summed E-state index contributed by atoms with van der Waals surface area (Å²) in [4.78, 5) is 37.9. The zero-order chi connectivity index (χ0) is 58.6. The zero-order valence-corrected chi connectivity index (χ0v) is 55.0. The predicted molar refractivity (Wildman–Crippen MR) is 346 cm³/mol. The molecule has 9 nitrogen and oxygen atoms in total. The summed E-state index contributed by atoms with van der Waals surface area (Å²) < 4.78 is 30.8. The molecule has 80 heavy (non-hydrogen) atoms. The summed E-state index contributed by atoms with van der Waals surface area (Å²) in [6.07, 6.45) is 74.3. The average Bonchev–Trinajstić information content (AvgIpc) is 3.42. The Balaban J connectivity index is 5.09. The van der Waals surface area contributed by atoms with Gasteiger partial charge in [-0.25, -0.2) is 4.57 Å². The fourth-order valence-corrected chi connectivity index (χ4v) is 11.1. The van der Waals surface area contributed by atoms with Crippen LogP contribution in [-0.2, 0) is 27.9 Å². The molecule has 0 aliphatic rings. The van der Waals surface area contributed by atoms with E-state index >= 15 is 0 Å². The number of phosphoric acid groups is 1. The van der Waals surface area contributed by atoms with Crippen LogP contribution in [0, 0.1) is 0 Å². The van der Waals surface area contributed by atoms with Gasteiger partial charge in [0.15, 0.2) is 0 Å². The number of unbranched alkanes of at least 4 members (excludes halogenated alkanes) is 44. The Kier molecular flexibility index (Phi) is 59.0. The van der Waals surface area contributed by atoms with E-state index in [1.54, 1.807) is 0 Å². The SMILES string of the molecule is CCCCCCCC/C=C/CCCCCCCCCCCCCC(=O)NC(COP(=O)(O)OCC[N+](C)(C)C)C(/C=C/CCCCCCCCCCCC)OC(=O)CCCCCCCCCCCCC/C=C/CCCCCCCC. The molecule has 0 saturated heterocycles. The van der Waals surface area contributed by atoms with Gasteiger partial charge in [-0.2, -0.15) is 0 Å². The number of nitrogens with zero attached hydrogens (tertiary/aromatic N) is 1. The monoisotopic (exact) mass is 1150 g/mol. The number of quaternary nitrogens is 1. The Morgan fingerprint density at radius 2 is 0.725 bits per heavy atom. The van der Waals surface area contributed by atoms with Gasteiger partial charge >= 0.3 is 13.8 Å². The van der Waals surface area contributed by atoms with Crippen molar-refractivity contribution in [1.82, 2.24) is 5.32 Å². The molecule has 3 unspecified atom stereocenters. The van der Waals surface area contributed by atoms with Crippen LogP contribution in [0.25, 0.3) is 0 Å². The summed E-state index contributed by atoms with van der Waals surface area (Å²) in [7, 11) is 1.51. The number of hydrogen-bond acceptors (Lipinski definition) is 6. The van der Waals surface area contributed by atoms with Gasteiger partial charge in [0, 0.05) is 12.8 Å². The molecule has 0 aliphatic heterocycles. The molecular formula is C70H136N2O7P+. The maximum absolute atomic E-state index is 13.6. The predicted octanol–water partition coefficient (Wildman–Crippen LogP) is 21.8. The number of amides is 1. The van der Waals surface area contributed by atoms with Crippen LogP contribution >= 0.6 is 7.82 Å². The van der Waals surface area contributed by atoms with Crippen molar-refractivity contribution in [1.29, 1.82) is 0 Å². The van der Waals surface area contributed by atoms with Crippen molar-refractivity contribution < 1.29 is 37.3 Å². The van der Waals surface area contributed by atoms with Gasteiger partial charge in [0.25, 0.3) is 0 Å². The van der Waals surface area contributed by atoms with E-state index < -0.39 is 20.0 Å². The van der Waals surface area contributed by atoms with Gasteiger partial charge in [-0.3, -0.25) is 18.6 Å². The van der Waals surface area contributed by atoms with Gasteiger partial charge in [0.2, 0.25) is 5.91 Å². The number of carbonyl (C=O) groups excluding carboxylic acids is 2. The van der Waals surface area contributed by atoms with E-state index in [4.69, 9.17) is 13.8 Å². The summed E-state index contributed by atoms with van der Waals surface area (Å²) in [5, 5.41) is 3.07. The highest BCUT2D eigenvalue weighted by Crippen LogP contribution is 2.43. The Bertz CT molecular complexity index is 1460. The second-order valence-corrected chi connectivity index (χ2v) is 26.5. The number of carbonyl (C=O) groups is 2. The lowest BCUT2D eigenvalue weighted by atomic mass is 10.0. The maximum Gasteiger partial charge on any atom is 0.472 e. The third-order valence-corrected chi connectivity index (χ3v) is 16.8. The van der Waals surface area contributed by atoms with Crippen molar-refractivity contribution in [3.05, 3.63) is 36.5 Å². The molecular weight excluding hydrogens is 1010 g/mol. The third-order valence-electron chi connectivity index (χ3n) is 15.8. The first-order chi connectivity index (χ1) is 38.9. The molecule has 3 atom stereocenters. The topological polar surface area (TPSA) is 111 Å². The number of allylic oxidation sites excluding steroid dienone is 5. The first-order valence-corrected chi connectivity index (χ1v) is 36.3. The van der Waals surface area contributed by atoms with E-state index in [-0.39, 0.29) is 25.1 Å². The van der Waals surface area contributed by atoms with Crippen molar-refractivity contribution in [2.75, 3.05) is 40.9 Å². The van der Waals surface area contributed by atoms with Crippen LogP contribution in [0.15, 0.2) is 36.5 Å². The summed E-state index contributed by atoms with van der Waals surface area (Å²) in [5.74, 6) is -0.490. The maximum atomic E-state index is 13.6. The van der Waals surface area contributed by atoms with E-state index in [9.17, 15) is 19.0 Å². The molecule has 0 aromatic heterocycles. The Morgan fingerprint density at radius 3 is 1.06 bits per heavy atom. The molecule has 0 saturated carbocycles. The lowest BCUT2D eigenvalue weighted by molar-refractivity contribution is -0.870. The fraction of sp³-hybridized carbons (Fsp3) is 0.886. The highest BCUT2D eigenvalue weighted by Gasteiger charge is 2.30. The first kappa shape index (κ1) is 78.2. The number of phosphoric ester groups is 1. The minimum absolute atomic E-state index is 0.0423. The van der Waals surface area contributed by atoms with Crippen molar-refractivity contribution >= 4 is 19.7 Å². The molecule has 0 aliphatic carbocycles. The van der Waals surface area contributed by atoms with Crippen LogP contribution in [0.4, 0.5) is 0 Å². The molecule has 0 aromatic carbocycles. The number of hydrogen-bond donors (Lipinski definition) is 2. The number of esters is 1. The molecule has 0 rings (SSSR count). The molecule has 0 radical (unpaired) electrons. The van der Waals surface area contributed by atoms with E-state index in [0.29, 0.717) is 23.9 Å². The van der Waals surface area contributed by atoms with Crippen LogP contribution < -0.4 is 5.32 Å². The Morgan fingerprint density at radius 1 is 0.425 bits per heavy atom. The summed E-state index contributed by atoms with van der Waals surface area (Å²) >= 11 is 0. The Labute approximate surface area is 497 Å². The molecule has 0 bridgehead atoms. The molecule has 0 fully saturated rings. The highest BCUT2D eigenvalue weighted by atomic mass is 31.2. The van der Waals surface area contributed by atoms with Gasteiger partial charge in [-0.1, -0.05) is 289 Å². The van der Waals surface area contributed by atoms with Gasteiger partial charge < -0.3 is 19.4 Å². The van der Waals surface area contributed by atoms with Gasteiger partial charge in [-0.15, -0.1) is 0 Å². The molecule has 1 amide bonds. The summed E-state index contributed by atoms with van der Waals surface area (Å²) in [6, 6.07) is -0.846. The normalized spacial score (nSPS) is 13.7. The zero-order valence-electron chi connectivity index (χ0n) is 54.1. The highest BCUT2D eigenvalue weighted by molar-refractivity contribution is 7.47. The molecule has 0 heterocycles. The number of nitrogens with one attached hydrogen (secondary N) is 1. The quantitative estimate of drug-likeness (QED) is 0.0205. The van der Waals surface area contributed by atoms with E-state index in [2.05, 4.69) is 50.4 Å². The van der Waals surface area contributed by atoms with Gasteiger partial charge in [0.1, 0.15) is 19.3 Å². The van der Waals surface area contributed by atoms with E-state index in [0.717, 1.165) is 57.8 Å². The van der Waals surface area contributed by atoms with E-state index in [1.807, 2.05) is 33.3 Å². The number of rotatable bonds is 64. The smallest absolute Gasteiger partial charge is 0.456 e. The average molecular weight is 1150 g/mol. The van der Waals surface area contributed by atoms with Crippen molar-refractivity contribution in [3.63, 3.8) is 0 Å². The number of ether oxygens (including phenoxy) is 1.